The maximum Gasteiger partial charge on any atom is 0.175 e. The van der Waals surface area contributed by atoms with Crippen LogP contribution in [0.5, 0.6) is 11.5 Å². The molecule has 94 valence electrons. The van der Waals surface area contributed by atoms with Gasteiger partial charge in [0.15, 0.2) is 11.5 Å². The van der Waals surface area contributed by atoms with E-state index in [9.17, 15) is 0 Å². The lowest BCUT2D eigenvalue weighted by Gasteiger charge is -2.20. The Labute approximate surface area is 117 Å². The minimum Gasteiger partial charge on any atom is -0.486 e. The zero-order valence-corrected chi connectivity index (χ0v) is 12.1. The summed E-state index contributed by atoms with van der Waals surface area (Å²) in [6.45, 7) is 3.08. The van der Waals surface area contributed by atoms with Crippen molar-refractivity contribution in [3.8, 4) is 22.8 Å². The Morgan fingerprint density at radius 1 is 1.33 bits per heavy atom. The molecule has 18 heavy (non-hydrogen) atoms. The predicted octanol–water partition coefficient (Wildman–Crippen LogP) is 3.23. The van der Waals surface area contributed by atoms with E-state index < -0.39 is 0 Å². The van der Waals surface area contributed by atoms with Gasteiger partial charge in [-0.3, -0.25) is 0 Å². The third-order valence-corrected chi connectivity index (χ3v) is 4.02. The summed E-state index contributed by atoms with van der Waals surface area (Å²) < 4.78 is 12.0. The highest BCUT2D eigenvalue weighted by Gasteiger charge is 2.19. The Balaban J connectivity index is 2.13. The minimum atomic E-state index is 0.564. The number of rotatable bonds is 1. The van der Waals surface area contributed by atoms with Gasteiger partial charge in [-0.2, -0.15) is 0 Å². The molecular weight excluding hydrogens is 316 g/mol. The van der Waals surface area contributed by atoms with Gasteiger partial charge in [-0.1, -0.05) is 0 Å². The molecule has 0 spiro atoms. The van der Waals surface area contributed by atoms with Crippen molar-refractivity contribution in [2.75, 3.05) is 18.9 Å². The summed E-state index contributed by atoms with van der Waals surface area (Å²) in [5.41, 5.74) is 7.71. The van der Waals surface area contributed by atoms with Crippen molar-refractivity contribution in [2.24, 2.45) is 0 Å². The molecule has 0 amide bonds. The van der Waals surface area contributed by atoms with Crippen LogP contribution in [0.3, 0.4) is 0 Å². The molecule has 0 bridgehead atoms. The molecule has 0 atom stereocenters. The van der Waals surface area contributed by atoms with Crippen LogP contribution in [-0.2, 0) is 0 Å². The Hall–Kier alpha value is -1.27. The summed E-state index contributed by atoms with van der Waals surface area (Å²) in [4.78, 5) is 4.45. The number of aryl methyl sites for hydroxylation is 1. The van der Waals surface area contributed by atoms with E-state index in [4.69, 9.17) is 15.2 Å². The van der Waals surface area contributed by atoms with Crippen LogP contribution in [0.25, 0.3) is 11.3 Å². The topological polar surface area (TPSA) is 57.4 Å². The second-order valence-corrected chi connectivity index (χ2v) is 6.02. The molecule has 1 aromatic heterocycles. The van der Waals surface area contributed by atoms with Crippen molar-refractivity contribution in [3.63, 3.8) is 0 Å². The molecule has 6 heteroatoms. The number of anilines is 1. The summed E-state index contributed by atoms with van der Waals surface area (Å²) in [6.07, 6.45) is 0. The van der Waals surface area contributed by atoms with E-state index in [2.05, 4.69) is 20.9 Å². The fraction of sp³-hybridized carbons (Fsp3) is 0.250. The van der Waals surface area contributed by atoms with Crippen molar-refractivity contribution in [2.45, 2.75) is 6.92 Å². The van der Waals surface area contributed by atoms with Gasteiger partial charge in [0.05, 0.1) is 9.48 Å². The fourth-order valence-corrected chi connectivity index (χ4v) is 3.17. The Bertz CT molecular complexity index is 612. The average Bonchev–Trinajstić information content (AvgIpc) is 2.68. The molecule has 2 heterocycles. The second-order valence-electron chi connectivity index (χ2n) is 3.93. The molecule has 1 aliphatic rings. The summed E-state index contributed by atoms with van der Waals surface area (Å²) >= 11 is 4.98. The van der Waals surface area contributed by atoms with Crippen LogP contribution in [0, 0.1) is 6.92 Å². The Kier molecular flexibility index (Phi) is 2.91. The van der Waals surface area contributed by atoms with Crippen molar-refractivity contribution < 1.29 is 9.47 Å². The summed E-state index contributed by atoms with van der Waals surface area (Å²) in [6, 6.07) is 3.88. The SMILES string of the molecule is Cc1nc(-c2cc(Br)c3c(c2)OCCO3)c(N)s1. The Morgan fingerprint density at radius 2 is 2.11 bits per heavy atom. The molecule has 0 radical (unpaired) electrons. The lowest BCUT2D eigenvalue weighted by atomic mass is 10.1. The van der Waals surface area contributed by atoms with E-state index in [-0.39, 0.29) is 0 Å². The van der Waals surface area contributed by atoms with E-state index in [0.29, 0.717) is 13.2 Å². The monoisotopic (exact) mass is 326 g/mol. The van der Waals surface area contributed by atoms with Gasteiger partial charge >= 0.3 is 0 Å². The van der Waals surface area contributed by atoms with Crippen LogP contribution in [0.2, 0.25) is 0 Å². The first-order valence-electron chi connectivity index (χ1n) is 5.47. The minimum absolute atomic E-state index is 0.564. The molecule has 1 aromatic carbocycles. The Morgan fingerprint density at radius 3 is 2.83 bits per heavy atom. The second kappa shape index (κ2) is 4.44. The number of nitrogens with two attached hydrogens (primary N) is 1. The average molecular weight is 327 g/mol. The van der Waals surface area contributed by atoms with Crippen molar-refractivity contribution >= 4 is 32.3 Å². The van der Waals surface area contributed by atoms with Gasteiger partial charge in [0.25, 0.3) is 0 Å². The van der Waals surface area contributed by atoms with Crippen LogP contribution in [0.4, 0.5) is 5.00 Å². The molecular formula is C12H11BrN2O2S. The highest BCUT2D eigenvalue weighted by molar-refractivity contribution is 9.10. The number of hydrogen-bond acceptors (Lipinski definition) is 5. The van der Waals surface area contributed by atoms with E-state index >= 15 is 0 Å². The number of aromatic nitrogens is 1. The van der Waals surface area contributed by atoms with Crippen LogP contribution >= 0.6 is 27.3 Å². The van der Waals surface area contributed by atoms with Gasteiger partial charge in [0.2, 0.25) is 0 Å². The smallest absolute Gasteiger partial charge is 0.175 e. The van der Waals surface area contributed by atoms with Crippen molar-refractivity contribution in [1.82, 2.24) is 4.98 Å². The molecule has 2 N–H and O–H groups in total. The number of benzene rings is 1. The molecule has 0 fully saturated rings. The molecule has 0 aliphatic carbocycles. The van der Waals surface area contributed by atoms with E-state index in [1.807, 2.05) is 19.1 Å². The molecule has 1 aliphatic heterocycles. The third kappa shape index (κ3) is 1.95. The number of fused-ring (bicyclic) bond motifs is 1. The fourth-order valence-electron chi connectivity index (χ4n) is 1.90. The lowest BCUT2D eigenvalue weighted by Crippen LogP contribution is -2.15. The summed E-state index contributed by atoms with van der Waals surface area (Å²) in [7, 11) is 0. The summed E-state index contributed by atoms with van der Waals surface area (Å²) in [5.74, 6) is 1.48. The molecule has 0 saturated carbocycles. The van der Waals surface area contributed by atoms with Gasteiger partial charge in [0, 0.05) is 5.56 Å². The van der Waals surface area contributed by atoms with Gasteiger partial charge in [-0.15, -0.1) is 11.3 Å². The lowest BCUT2D eigenvalue weighted by molar-refractivity contribution is 0.170. The molecule has 2 aromatic rings. The highest BCUT2D eigenvalue weighted by Crippen LogP contribution is 2.42. The molecule has 0 saturated heterocycles. The van der Waals surface area contributed by atoms with Crippen molar-refractivity contribution in [3.05, 3.63) is 21.6 Å². The predicted molar refractivity (Wildman–Crippen MR) is 75.4 cm³/mol. The van der Waals surface area contributed by atoms with Gasteiger partial charge in [0.1, 0.15) is 23.9 Å². The van der Waals surface area contributed by atoms with Crippen LogP contribution in [0.1, 0.15) is 5.01 Å². The molecule has 0 unspecified atom stereocenters. The van der Waals surface area contributed by atoms with E-state index in [1.165, 1.54) is 11.3 Å². The quantitative estimate of drug-likeness (QED) is 0.874. The zero-order valence-electron chi connectivity index (χ0n) is 9.70. The van der Waals surface area contributed by atoms with Crippen LogP contribution in [-0.4, -0.2) is 18.2 Å². The highest BCUT2D eigenvalue weighted by atomic mass is 79.9. The number of thiazole rings is 1. The van der Waals surface area contributed by atoms with E-state index in [1.54, 1.807) is 0 Å². The number of hydrogen-bond donors (Lipinski definition) is 1. The molecule has 3 rings (SSSR count). The first-order valence-corrected chi connectivity index (χ1v) is 7.08. The van der Waals surface area contributed by atoms with Gasteiger partial charge < -0.3 is 15.2 Å². The van der Waals surface area contributed by atoms with Crippen LogP contribution in [0.15, 0.2) is 16.6 Å². The first kappa shape index (κ1) is 11.8. The van der Waals surface area contributed by atoms with Crippen molar-refractivity contribution in [1.29, 1.82) is 0 Å². The zero-order chi connectivity index (χ0) is 12.7. The largest absolute Gasteiger partial charge is 0.486 e. The van der Waals surface area contributed by atoms with Crippen LogP contribution < -0.4 is 15.2 Å². The maximum absolute atomic E-state index is 5.97. The maximum atomic E-state index is 5.97. The van der Waals surface area contributed by atoms with Gasteiger partial charge in [-0.05, 0) is 35.0 Å². The standard InChI is InChI=1S/C12H11BrN2O2S/c1-6-15-10(12(14)18-6)7-4-8(13)11-9(5-7)16-2-3-17-11/h4-5H,2-3,14H2,1H3. The summed E-state index contributed by atoms with van der Waals surface area (Å²) in [5, 5.41) is 1.67. The van der Waals surface area contributed by atoms with Gasteiger partial charge in [-0.25, -0.2) is 4.98 Å². The first-order chi connectivity index (χ1) is 8.65. The van der Waals surface area contributed by atoms with E-state index in [0.717, 1.165) is 37.2 Å². The third-order valence-electron chi connectivity index (χ3n) is 2.63. The normalized spacial score (nSPS) is 13.7. The number of nitrogens with zero attached hydrogens (tertiary/aromatic N) is 1. The molecule has 4 nitrogen and oxygen atoms in total. The number of ether oxygens (including phenoxy) is 2. The number of halogens is 1. The number of nitrogen functional groups attached to an aromatic ring is 1.